The van der Waals surface area contributed by atoms with Crippen molar-refractivity contribution in [2.75, 3.05) is 11.9 Å². The molecule has 0 unspecified atom stereocenters. The van der Waals surface area contributed by atoms with E-state index in [1.54, 1.807) is 6.20 Å². The van der Waals surface area contributed by atoms with E-state index in [4.69, 9.17) is 11.6 Å². The highest BCUT2D eigenvalue weighted by Crippen LogP contribution is 2.19. The van der Waals surface area contributed by atoms with Gasteiger partial charge >= 0.3 is 0 Å². The molecule has 2 rings (SSSR count). The average molecular weight is 254 g/mol. The quantitative estimate of drug-likeness (QED) is 0.635. The second-order valence-electron chi connectivity index (χ2n) is 4.44. The van der Waals surface area contributed by atoms with Crippen molar-refractivity contribution in [3.63, 3.8) is 0 Å². The lowest BCUT2D eigenvalue weighted by Gasteiger charge is -2.07. The number of aromatic nitrogens is 4. The Hall–Kier alpha value is -1.36. The van der Waals surface area contributed by atoms with Crippen molar-refractivity contribution in [3.8, 4) is 0 Å². The molecule has 0 bridgehead atoms. The van der Waals surface area contributed by atoms with Gasteiger partial charge in [0.2, 0.25) is 5.28 Å². The van der Waals surface area contributed by atoms with Crippen LogP contribution in [0, 0.1) is 5.92 Å². The Bertz CT molecular complexity index is 494. The van der Waals surface area contributed by atoms with Crippen molar-refractivity contribution in [2.24, 2.45) is 5.92 Å². The summed E-state index contributed by atoms with van der Waals surface area (Å²) in [7, 11) is 0. The standard InChI is InChI=1S/C11H16ClN5/c1-7(2)4-3-5-13-9-8-6-14-17-10(8)16-11(12)15-9/h6-7H,3-5H2,1-2H3,(H2,13,14,15,16,17). The molecular weight excluding hydrogens is 238 g/mol. The minimum Gasteiger partial charge on any atom is -0.369 e. The highest BCUT2D eigenvalue weighted by atomic mass is 35.5. The van der Waals surface area contributed by atoms with Crippen molar-refractivity contribution in [1.29, 1.82) is 0 Å². The van der Waals surface area contributed by atoms with E-state index in [0.717, 1.165) is 30.1 Å². The number of aromatic amines is 1. The molecule has 17 heavy (non-hydrogen) atoms. The van der Waals surface area contributed by atoms with Crippen LogP contribution in [0.1, 0.15) is 26.7 Å². The highest BCUT2D eigenvalue weighted by molar-refractivity contribution is 6.28. The number of hydrogen-bond donors (Lipinski definition) is 2. The van der Waals surface area contributed by atoms with Gasteiger partial charge in [0, 0.05) is 6.54 Å². The summed E-state index contributed by atoms with van der Waals surface area (Å²) < 4.78 is 0. The molecule has 92 valence electrons. The number of nitrogens with zero attached hydrogens (tertiary/aromatic N) is 3. The third kappa shape index (κ3) is 3.06. The maximum atomic E-state index is 5.83. The van der Waals surface area contributed by atoms with E-state index >= 15 is 0 Å². The van der Waals surface area contributed by atoms with Crippen molar-refractivity contribution >= 4 is 28.5 Å². The van der Waals surface area contributed by atoms with Gasteiger partial charge in [0.05, 0.1) is 11.6 Å². The third-order valence-electron chi connectivity index (χ3n) is 2.53. The van der Waals surface area contributed by atoms with Crippen LogP contribution in [0.15, 0.2) is 6.20 Å². The van der Waals surface area contributed by atoms with Gasteiger partial charge in [0.15, 0.2) is 5.65 Å². The Labute approximate surface area is 105 Å². The molecule has 0 fully saturated rings. The van der Waals surface area contributed by atoms with E-state index in [-0.39, 0.29) is 5.28 Å². The molecule has 2 aromatic heterocycles. The maximum absolute atomic E-state index is 5.83. The summed E-state index contributed by atoms with van der Waals surface area (Å²) in [5.41, 5.74) is 0.663. The lowest BCUT2D eigenvalue weighted by atomic mass is 10.1. The van der Waals surface area contributed by atoms with Gasteiger partial charge in [-0.1, -0.05) is 13.8 Å². The van der Waals surface area contributed by atoms with Gasteiger partial charge in [-0.2, -0.15) is 15.1 Å². The van der Waals surface area contributed by atoms with Crippen LogP contribution in [-0.4, -0.2) is 26.7 Å². The summed E-state index contributed by atoms with van der Waals surface area (Å²) >= 11 is 5.83. The van der Waals surface area contributed by atoms with Crippen LogP contribution in [0.3, 0.4) is 0 Å². The molecule has 0 saturated heterocycles. The largest absolute Gasteiger partial charge is 0.369 e. The smallest absolute Gasteiger partial charge is 0.226 e. The van der Waals surface area contributed by atoms with Gasteiger partial charge in [0.1, 0.15) is 5.82 Å². The fourth-order valence-corrected chi connectivity index (χ4v) is 1.83. The van der Waals surface area contributed by atoms with E-state index in [9.17, 15) is 0 Å². The molecule has 0 aliphatic carbocycles. The SMILES string of the molecule is CC(C)CCCNc1nc(Cl)nc2[nH]ncc12. The van der Waals surface area contributed by atoms with Gasteiger partial charge in [0.25, 0.3) is 0 Å². The number of H-pyrrole nitrogens is 1. The molecule has 5 nitrogen and oxygen atoms in total. The lowest BCUT2D eigenvalue weighted by molar-refractivity contribution is 0.567. The zero-order valence-electron chi connectivity index (χ0n) is 10.00. The number of fused-ring (bicyclic) bond motifs is 1. The van der Waals surface area contributed by atoms with Crippen molar-refractivity contribution in [1.82, 2.24) is 20.2 Å². The number of nitrogens with one attached hydrogen (secondary N) is 2. The molecule has 0 atom stereocenters. The van der Waals surface area contributed by atoms with Crippen LogP contribution in [0.25, 0.3) is 11.0 Å². The monoisotopic (exact) mass is 253 g/mol. The van der Waals surface area contributed by atoms with Crippen LogP contribution < -0.4 is 5.32 Å². The second kappa shape index (κ2) is 5.31. The number of anilines is 1. The van der Waals surface area contributed by atoms with Gasteiger partial charge in [-0.15, -0.1) is 0 Å². The van der Waals surface area contributed by atoms with Crippen LogP contribution in [0.4, 0.5) is 5.82 Å². The van der Waals surface area contributed by atoms with Gasteiger partial charge in [-0.05, 0) is 30.4 Å². The zero-order chi connectivity index (χ0) is 12.3. The Kier molecular flexibility index (Phi) is 3.78. The molecule has 0 aliphatic heterocycles. The third-order valence-corrected chi connectivity index (χ3v) is 2.70. The summed E-state index contributed by atoms with van der Waals surface area (Å²) in [5, 5.41) is 11.1. The molecule has 0 saturated carbocycles. The molecule has 0 aromatic carbocycles. The van der Waals surface area contributed by atoms with Crippen LogP contribution in [0.5, 0.6) is 0 Å². The van der Waals surface area contributed by atoms with E-state index in [0.29, 0.717) is 5.65 Å². The predicted molar refractivity (Wildman–Crippen MR) is 69.3 cm³/mol. The highest BCUT2D eigenvalue weighted by Gasteiger charge is 2.07. The zero-order valence-corrected chi connectivity index (χ0v) is 10.8. The Morgan fingerprint density at radius 1 is 1.41 bits per heavy atom. The minimum atomic E-state index is 0.230. The normalized spacial score (nSPS) is 11.3. The Balaban J connectivity index is 2.04. The molecule has 0 aliphatic rings. The first-order valence-corrected chi connectivity index (χ1v) is 6.15. The van der Waals surface area contributed by atoms with Crippen molar-refractivity contribution in [3.05, 3.63) is 11.5 Å². The molecule has 0 amide bonds. The molecule has 2 aromatic rings. The summed E-state index contributed by atoms with van der Waals surface area (Å²) in [6.07, 6.45) is 4.01. The van der Waals surface area contributed by atoms with Gasteiger partial charge in [-0.25, -0.2) is 0 Å². The first-order valence-electron chi connectivity index (χ1n) is 5.77. The summed E-state index contributed by atoms with van der Waals surface area (Å²) in [4.78, 5) is 8.22. The predicted octanol–water partition coefficient (Wildman–Crippen LogP) is 2.85. The molecule has 6 heteroatoms. The summed E-state index contributed by atoms with van der Waals surface area (Å²) in [6.45, 7) is 5.32. The van der Waals surface area contributed by atoms with Crippen molar-refractivity contribution in [2.45, 2.75) is 26.7 Å². The summed E-state index contributed by atoms with van der Waals surface area (Å²) in [6, 6.07) is 0. The minimum absolute atomic E-state index is 0.230. The number of rotatable bonds is 5. The van der Waals surface area contributed by atoms with Crippen molar-refractivity contribution < 1.29 is 0 Å². The van der Waals surface area contributed by atoms with E-state index in [1.807, 2.05) is 0 Å². The molecule has 2 heterocycles. The topological polar surface area (TPSA) is 66.5 Å². The Morgan fingerprint density at radius 3 is 3.00 bits per heavy atom. The van der Waals surface area contributed by atoms with E-state index in [1.165, 1.54) is 6.42 Å². The lowest BCUT2D eigenvalue weighted by Crippen LogP contribution is -2.05. The second-order valence-corrected chi connectivity index (χ2v) is 4.77. The Morgan fingerprint density at radius 2 is 2.24 bits per heavy atom. The average Bonchev–Trinajstić information content (AvgIpc) is 2.71. The van der Waals surface area contributed by atoms with Gasteiger partial charge in [-0.3, -0.25) is 5.10 Å². The first-order chi connectivity index (χ1) is 8.16. The van der Waals surface area contributed by atoms with Crippen LogP contribution >= 0.6 is 11.6 Å². The number of halogens is 1. The van der Waals surface area contributed by atoms with Crippen LogP contribution in [0.2, 0.25) is 5.28 Å². The van der Waals surface area contributed by atoms with E-state index < -0.39 is 0 Å². The molecule has 0 radical (unpaired) electrons. The fourth-order valence-electron chi connectivity index (χ4n) is 1.66. The van der Waals surface area contributed by atoms with Gasteiger partial charge < -0.3 is 5.32 Å². The number of hydrogen-bond acceptors (Lipinski definition) is 4. The molecule has 2 N–H and O–H groups in total. The molecule has 0 spiro atoms. The summed E-state index contributed by atoms with van der Waals surface area (Å²) in [5.74, 6) is 1.47. The fraction of sp³-hybridized carbons (Fsp3) is 0.545. The van der Waals surface area contributed by atoms with Crippen LogP contribution in [-0.2, 0) is 0 Å². The maximum Gasteiger partial charge on any atom is 0.226 e. The molecular formula is C11H16ClN5. The first kappa shape index (κ1) is 12.1. The van der Waals surface area contributed by atoms with E-state index in [2.05, 4.69) is 39.3 Å².